The van der Waals surface area contributed by atoms with Gasteiger partial charge in [-0.15, -0.1) is 0 Å². The first-order valence-corrected chi connectivity index (χ1v) is 6.68. The summed E-state index contributed by atoms with van der Waals surface area (Å²) in [5, 5.41) is 12.8. The minimum atomic E-state index is 0.338. The summed E-state index contributed by atoms with van der Waals surface area (Å²) in [7, 11) is 1.98. The number of nitrogens with one attached hydrogen (secondary N) is 1. The number of likely N-dealkylation sites (N-methyl/N-ethyl adjacent to an activating group) is 1. The van der Waals surface area contributed by atoms with Gasteiger partial charge in [0.1, 0.15) is 5.75 Å². The molecule has 0 aliphatic carbocycles. The molecule has 0 radical (unpaired) electrons. The summed E-state index contributed by atoms with van der Waals surface area (Å²) in [4.78, 5) is 0. The molecule has 0 heterocycles. The SMILES string of the molecule is CNCC(Cc1cccc(O)c1)c1cccc(C)c1. The van der Waals surface area contributed by atoms with E-state index in [1.54, 1.807) is 6.07 Å². The van der Waals surface area contributed by atoms with Crippen molar-refractivity contribution in [2.75, 3.05) is 13.6 Å². The van der Waals surface area contributed by atoms with Gasteiger partial charge in [-0.3, -0.25) is 0 Å². The predicted octanol–water partition coefficient (Wildman–Crippen LogP) is 3.25. The number of hydrogen-bond donors (Lipinski definition) is 2. The van der Waals surface area contributed by atoms with Gasteiger partial charge in [0.25, 0.3) is 0 Å². The van der Waals surface area contributed by atoms with Crippen molar-refractivity contribution in [3.8, 4) is 5.75 Å². The van der Waals surface area contributed by atoms with E-state index in [-0.39, 0.29) is 0 Å². The number of rotatable bonds is 5. The molecule has 2 heteroatoms. The van der Waals surface area contributed by atoms with Crippen LogP contribution in [0, 0.1) is 6.92 Å². The first-order chi connectivity index (χ1) is 9.19. The van der Waals surface area contributed by atoms with Crippen molar-refractivity contribution < 1.29 is 5.11 Å². The summed E-state index contributed by atoms with van der Waals surface area (Å²) in [6.45, 7) is 3.05. The lowest BCUT2D eigenvalue weighted by molar-refractivity contribution is 0.474. The molecule has 0 saturated carbocycles. The van der Waals surface area contributed by atoms with Crippen molar-refractivity contribution in [1.82, 2.24) is 5.32 Å². The molecule has 2 aromatic rings. The fourth-order valence-corrected chi connectivity index (χ4v) is 2.45. The lowest BCUT2D eigenvalue weighted by Crippen LogP contribution is -2.19. The fraction of sp³-hybridized carbons (Fsp3) is 0.294. The monoisotopic (exact) mass is 255 g/mol. The van der Waals surface area contributed by atoms with Gasteiger partial charge in [-0.1, -0.05) is 42.0 Å². The second-order valence-corrected chi connectivity index (χ2v) is 5.04. The van der Waals surface area contributed by atoms with Gasteiger partial charge in [-0.2, -0.15) is 0 Å². The van der Waals surface area contributed by atoms with Crippen LogP contribution in [0.25, 0.3) is 0 Å². The van der Waals surface area contributed by atoms with E-state index >= 15 is 0 Å². The molecular weight excluding hydrogens is 234 g/mol. The first-order valence-electron chi connectivity index (χ1n) is 6.68. The molecule has 2 nitrogen and oxygen atoms in total. The largest absolute Gasteiger partial charge is 0.508 e. The third kappa shape index (κ3) is 3.83. The minimum Gasteiger partial charge on any atom is -0.508 e. The second kappa shape index (κ2) is 6.39. The van der Waals surface area contributed by atoms with Crippen molar-refractivity contribution in [3.05, 3.63) is 65.2 Å². The Labute approximate surface area is 115 Å². The van der Waals surface area contributed by atoms with Crippen LogP contribution in [0.4, 0.5) is 0 Å². The fourth-order valence-electron chi connectivity index (χ4n) is 2.45. The predicted molar refractivity (Wildman–Crippen MR) is 79.7 cm³/mol. The number of phenols is 1. The molecule has 100 valence electrons. The Morgan fingerprint density at radius 3 is 2.58 bits per heavy atom. The Hall–Kier alpha value is -1.80. The van der Waals surface area contributed by atoms with Gasteiger partial charge in [-0.25, -0.2) is 0 Å². The molecule has 1 unspecified atom stereocenters. The van der Waals surface area contributed by atoms with Crippen molar-refractivity contribution in [2.24, 2.45) is 0 Å². The maximum atomic E-state index is 9.55. The summed E-state index contributed by atoms with van der Waals surface area (Å²) in [5.74, 6) is 0.761. The van der Waals surface area contributed by atoms with Crippen LogP contribution in [-0.4, -0.2) is 18.7 Å². The molecule has 2 rings (SSSR count). The van der Waals surface area contributed by atoms with E-state index in [1.165, 1.54) is 16.7 Å². The van der Waals surface area contributed by atoms with Crippen LogP contribution in [0.1, 0.15) is 22.6 Å². The third-order valence-electron chi connectivity index (χ3n) is 3.36. The molecule has 19 heavy (non-hydrogen) atoms. The van der Waals surface area contributed by atoms with E-state index in [2.05, 4.69) is 42.6 Å². The number of hydrogen-bond acceptors (Lipinski definition) is 2. The highest BCUT2D eigenvalue weighted by Crippen LogP contribution is 2.23. The van der Waals surface area contributed by atoms with Gasteiger partial charge >= 0.3 is 0 Å². The van der Waals surface area contributed by atoms with Gasteiger partial charge in [0.2, 0.25) is 0 Å². The van der Waals surface area contributed by atoms with Crippen LogP contribution in [-0.2, 0) is 6.42 Å². The Morgan fingerprint density at radius 2 is 1.89 bits per heavy atom. The molecule has 0 aliphatic rings. The highest BCUT2D eigenvalue weighted by atomic mass is 16.3. The Balaban J connectivity index is 2.21. The highest BCUT2D eigenvalue weighted by molar-refractivity contribution is 5.31. The molecule has 0 saturated heterocycles. The van der Waals surface area contributed by atoms with Gasteiger partial charge in [0.05, 0.1) is 0 Å². The highest BCUT2D eigenvalue weighted by Gasteiger charge is 2.12. The molecule has 1 atom stereocenters. The Morgan fingerprint density at radius 1 is 1.11 bits per heavy atom. The molecule has 0 spiro atoms. The van der Waals surface area contributed by atoms with E-state index < -0.39 is 0 Å². The zero-order valence-corrected chi connectivity index (χ0v) is 11.6. The maximum Gasteiger partial charge on any atom is 0.115 e. The minimum absolute atomic E-state index is 0.338. The summed E-state index contributed by atoms with van der Waals surface area (Å²) in [6.07, 6.45) is 0.929. The lowest BCUT2D eigenvalue weighted by Gasteiger charge is -2.18. The van der Waals surface area contributed by atoms with E-state index in [9.17, 15) is 5.11 Å². The standard InChI is InChI=1S/C17H21NO/c1-13-5-3-7-15(9-13)16(12-18-2)10-14-6-4-8-17(19)11-14/h3-9,11,16,18-19H,10,12H2,1-2H3. The van der Waals surface area contributed by atoms with Crippen molar-refractivity contribution in [1.29, 1.82) is 0 Å². The van der Waals surface area contributed by atoms with Gasteiger partial charge < -0.3 is 10.4 Å². The molecule has 2 N–H and O–H groups in total. The Bertz CT molecular complexity index is 536. The topological polar surface area (TPSA) is 32.3 Å². The molecular formula is C17H21NO. The third-order valence-corrected chi connectivity index (χ3v) is 3.36. The van der Waals surface area contributed by atoms with Crippen molar-refractivity contribution in [3.63, 3.8) is 0 Å². The number of phenolic OH excluding ortho intramolecular Hbond substituents is 1. The molecule has 2 aromatic carbocycles. The van der Waals surface area contributed by atoms with Gasteiger partial charge in [-0.05, 0) is 43.7 Å². The summed E-state index contributed by atoms with van der Waals surface area (Å²) >= 11 is 0. The smallest absolute Gasteiger partial charge is 0.115 e. The summed E-state index contributed by atoms with van der Waals surface area (Å²) < 4.78 is 0. The number of benzene rings is 2. The quantitative estimate of drug-likeness (QED) is 0.859. The van der Waals surface area contributed by atoms with Crippen LogP contribution in [0.2, 0.25) is 0 Å². The molecule has 0 aromatic heterocycles. The Kier molecular flexibility index (Phi) is 4.58. The van der Waals surface area contributed by atoms with Crippen LogP contribution < -0.4 is 5.32 Å². The van der Waals surface area contributed by atoms with Gasteiger partial charge in [0, 0.05) is 12.5 Å². The summed E-state index contributed by atoms with van der Waals surface area (Å²) in [6, 6.07) is 16.2. The average molecular weight is 255 g/mol. The molecule has 0 fully saturated rings. The van der Waals surface area contributed by atoms with Crippen LogP contribution in [0.15, 0.2) is 48.5 Å². The van der Waals surface area contributed by atoms with E-state index in [1.807, 2.05) is 19.2 Å². The maximum absolute atomic E-state index is 9.55. The lowest BCUT2D eigenvalue weighted by atomic mass is 9.91. The second-order valence-electron chi connectivity index (χ2n) is 5.04. The average Bonchev–Trinajstić information content (AvgIpc) is 2.38. The molecule has 0 aliphatic heterocycles. The summed E-state index contributed by atoms with van der Waals surface area (Å²) in [5.41, 5.74) is 3.80. The van der Waals surface area contributed by atoms with Crippen LogP contribution >= 0.6 is 0 Å². The zero-order valence-electron chi connectivity index (χ0n) is 11.6. The first kappa shape index (κ1) is 13.6. The number of aromatic hydroxyl groups is 1. The van der Waals surface area contributed by atoms with Crippen molar-refractivity contribution in [2.45, 2.75) is 19.3 Å². The normalized spacial score (nSPS) is 12.3. The van der Waals surface area contributed by atoms with Crippen LogP contribution in [0.5, 0.6) is 5.75 Å². The van der Waals surface area contributed by atoms with Crippen molar-refractivity contribution >= 4 is 0 Å². The zero-order chi connectivity index (χ0) is 13.7. The molecule has 0 bridgehead atoms. The van der Waals surface area contributed by atoms with E-state index in [4.69, 9.17) is 0 Å². The van der Waals surface area contributed by atoms with Gasteiger partial charge in [0.15, 0.2) is 0 Å². The van der Waals surface area contributed by atoms with Crippen LogP contribution in [0.3, 0.4) is 0 Å². The number of aryl methyl sites for hydroxylation is 1. The van der Waals surface area contributed by atoms with E-state index in [0.717, 1.165) is 13.0 Å². The molecule has 0 amide bonds. The van der Waals surface area contributed by atoms with E-state index in [0.29, 0.717) is 11.7 Å².